The van der Waals surface area contributed by atoms with Crippen LogP contribution in [0.4, 0.5) is 0 Å². The van der Waals surface area contributed by atoms with E-state index in [1.54, 1.807) is 27.6 Å². The minimum atomic E-state index is -2.85. The van der Waals surface area contributed by atoms with Gasteiger partial charge in [-0.15, -0.1) is 0 Å². The van der Waals surface area contributed by atoms with Crippen molar-refractivity contribution in [2.45, 2.75) is 89.4 Å². The molecule has 326 valence electrons. The van der Waals surface area contributed by atoms with Gasteiger partial charge in [-0.1, -0.05) is 25.2 Å². The highest BCUT2D eigenvalue weighted by Crippen LogP contribution is 2.63. The summed E-state index contributed by atoms with van der Waals surface area (Å²) in [5.41, 5.74) is -0.122. The number of Topliss-reactive ketones (excluding diaryl/α,β-unsaturated/α-hetero) is 1. The lowest BCUT2D eigenvalue weighted by Crippen LogP contribution is -2.49. The fourth-order valence-corrected chi connectivity index (χ4v) is 9.00. The second-order valence-electron chi connectivity index (χ2n) is 13.7. The minimum absolute atomic E-state index is 0.00985. The van der Waals surface area contributed by atoms with Crippen LogP contribution in [0.25, 0.3) is 0 Å². The second-order valence-corrected chi connectivity index (χ2v) is 19.0. The normalized spacial score (nSPS) is 17.8. The van der Waals surface area contributed by atoms with Gasteiger partial charge in [0.1, 0.15) is 11.8 Å². The molecule has 0 aromatic rings. The van der Waals surface area contributed by atoms with Crippen molar-refractivity contribution in [3.8, 4) is 0 Å². The van der Waals surface area contributed by atoms with Crippen LogP contribution in [0.3, 0.4) is 0 Å². The zero-order valence-corrected chi connectivity index (χ0v) is 36.1. The molecule has 0 bridgehead atoms. The standard InChI is InChI=1S/C37H69N4O13PS/c1-28(2)55(47,56-6)54-32-11-7-29(8-12-32)36(45)41-33(37(46)40-17-20-53-26-23-50-5)13-10-31(42)27-30(35(44)39-16-19-52-25-22-49-4)9-14-34(43)38-15-18-51-24-21-48-3/h28-30,32-33H,7-27H2,1-6H3,(H,38,43)(H,39,44)(H,40,46)(H,41,45). The molecule has 17 nitrogen and oxygen atoms in total. The van der Waals surface area contributed by atoms with Crippen molar-refractivity contribution < 1.29 is 61.5 Å². The Kier molecular flexibility index (Phi) is 29.4. The van der Waals surface area contributed by atoms with Crippen LogP contribution in [0.2, 0.25) is 0 Å². The van der Waals surface area contributed by atoms with E-state index in [4.69, 9.17) is 32.9 Å². The van der Waals surface area contributed by atoms with Crippen molar-refractivity contribution in [3.63, 3.8) is 0 Å². The average Bonchev–Trinajstić information content (AvgIpc) is 3.18. The number of ether oxygens (including phenoxy) is 6. The molecule has 4 amide bonds. The smallest absolute Gasteiger partial charge is 0.260 e. The molecule has 19 heteroatoms. The summed E-state index contributed by atoms with van der Waals surface area (Å²) < 4.78 is 50.2. The van der Waals surface area contributed by atoms with E-state index in [2.05, 4.69) is 21.3 Å². The monoisotopic (exact) mass is 840 g/mol. The quantitative estimate of drug-likeness (QED) is 0.0542. The Morgan fingerprint density at radius 2 is 1.20 bits per heavy atom. The fraction of sp³-hybridized carbons (Fsp3) is 0.865. The van der Waals surface area contributed by atoms with Gasteiger partial charge in [0.05, 0.1) is 65.6 Å². The summed E-state index contributed by atoms with van der Waals surface area (Å²) in [6.07, 6.45) is 3.61. The number of rotatable bonds is 34. The SMILES string of the molecule is COCCOCCNC(=O)CCC(CC(=O)CCC(NC(=O)C1CCC(OP(=O)(SC)C(C)C)CC1)C(=O)NCCOCCOC)C(=O)NCCOCCOC. The van der Waals surface area contributed by atoms with Crippen LogP contribution in [0.15, 0.2) is 0 Å². The molecule has 1 saturated carbocycles. The molecular weight excluding hydrogens is 771 g/mol. The first-order chi connectivity index (χ1) is 26.9. The maximum absolute atomic E-state index is 13.5. The maximum Gasteiger partial charge on any atom is 0.260 e. The van der Waals surface area contributed by atoms with Crippen molar-refractivity contribution in [2.24, 2.45) is 11.8 Å². The van der Waals surface area contributed by atoms with Gasteiger partial charge in [-0.3, -0.25) is 28.5 Å². The highest BCUT2D eigenvalue weighted by Gasteiger charge is 2.35. The van der Waals surface area contributed by atoms with E-state index in [-0.39, 0.29) is 99.6 Å². The van der Waals surface area contributed by atoms with Crippen LogP contribution >= 0.6 is 18.0 Å². The molecular formula is C37H69N4O13PS. The molecule has 4 N–H and O–H groups in total. The summed E-state index contributed by atoms with van der Waals surface area (Å²) in [6.45, 7) is 4.77. The Hall–Kier alpha value is -2.15. The van der Waals surface area contributed by atoms with Crippen molar-refractivity contribution in [1.82, 2.24) is 21.3 Å². The number of amides is 4. The van der Waals surface area contributed by atoms with Crippen LogP contribution in [0.5, 0.6) is 0 Å². The zero-order valence-electron chi connectivity index (χ0n) is 34.4. The van der Waals surface area contributed by atoms with Gasteiger partial charge in [0.15, 0.2) is 0 Å². The Balaban J connectivity index is 2.89. The number of carbonyl (C=O) groups excluding carboxylic acids is 5. The van der Waals surface area contributed by atoms with Gasteiger partial charge in [-0.05, 0) is 44.8 Å². The Bertz CT molecular complexity index is 1180. The predicted molar refractivity (Wildman–Crippen MR) is 214 cm³/mol. The molecule has 3 unspecified atom stereocenters. The van der Waals surface area contributed by atoms with E-state index in [0.717, 1.165) is 0 Å². The van der Waals surface area contributed by atoms with E-state index in [1.165, 1.54) is 11.4 Å². The third kappa shape index (κ3) is 23.3. The molecule has 1 aliphatic carbocycles. The second kappa shape index (κ2) is 31.8. The van der Waals surface area contributed by atoms with E-state index < -0.39 is 24.4 Å². The van der Waals surface area contributed by atoms with Crippen LogP contribution in [0.1, 0.15) is 71.6 Å². The highest BCUT2D eigenvalue weighted by molar-refractivity contribution is 8.56. The topological polar surface area (TPSA) is 215 Å². The average molecular weight is 841 g/mol. The van der Waals surface area contributed by atoms with Gasteiger partial charge in [-0.25, -0.2) is 0 Å². The molecule has 1 rings (SSSR count). The van der Waals surface area contributed by atoms with E-state index in [0.29, 0.717) is 78.5 Å². The molecule has 3 atom stereocenters. The predicted octanol–water partition coefficient (Wildman–Crippen LogP) is 2.48. The maximum atomic E-state index is 13.5. The number of carbonyl (C=O) groups is 5. The first-order valence-electron chi connectivity index (χ1n) is 19.6. The number of ketones is 1. The van der Waals surface area contributed by atoms with Crippen molar-refractivity contribution >= 4 is 47.4 Å². The molecule has 0 aliphatic heterocycles. The van der Waals surface area contributed by atoms with Gasteiger partial charge in [0.25, 0.3) is 6.57 Å². The van der Waals surface area contributed by atoms with Gasteiger partial charge in [0, 0.05) is 77.7 Å². The van der Waals surface area contributed by atoms with Crippen molar-refractivity contribution in [2.75, 3.05) is 107 Å². The van der Waals surface area contributed by atoms with Gasteiger partial charge in [0.2, 0.25) is 23.6 Å². The fourth-order valence-electron chi connectivity index (χ4n) is 5.73. The Labute approximate surface area is 337 Å². The molecule has 0 aromatic carbocycles. The van der Waals surface area contributed by atoms with Crippen LogP contribution in [0, 0.1) is 11.8 Å². The van der Waals surface area contributed by atoms with Gasteiger partial charge in [-0.2, -0.15) is 0 Å². The van der Waals surface area contributed by atoms with E-state index in [1.807, 2.05) is 13.8 Å². The molecule has 0 heterocycles. The molecule has 0 radical (unpaired) electrons. The molecule has 0 aromatic heterocycles. The number of methoxy groups -OCH3 is 3. The lowest BCUT2D eigenvalue weighted by molar-refractivity contribution is -0.133. The minimum Gasteiger partial charge on any atom is -0.382 e. The molecule has 0 spiro atoms. The number of hydrogen-bond acceptors (Lipinski definition) is 14. The first kappa shape index (κ1) is 51.9. The summed E-state index contributed by atoms with van der Waals surface area (Å²) in [5.74, 6) is -2.89. The van der Waals surface area contributed by atoms with Crippen LogP contribution < -0.4 is 21.3 Å². The first-order valence-corrected chi connectivity index (χ1v) is 23.1. The lowest BCUT2D eigenvalue weighted by atomic mass is 9.86. The molecule has 1 aliphatic rings. The Morgan fingerprint density at radius 3 is 1.70 bits per heavy atom. The third-order valence-corrected chi connectivity index (χ3v) is 14.5. The van der Waals surface area contributed by atoms with E-state index >= 15 is 0 Å². The van der Waals surface area contributed by atoms with Crippen LogP contribution in [-0.4, -0.2) is 154 Å². The number of hydrogen-bond donors (Lipinski definition) is 4. The van der Waals surface area contributed by atoms with Crippen LogP contribution in [-0.2, 0) is 61.5 Å². The van der Waals surface area contributed by atoms with Crippen molar-refractivity contribution in [3.05, 3.63) is 0 Å². The molecule has 0 saturated heterocycles. The largest absolute Gasteiger partial charge is 0.382 e. The third-order valence-electron chi connectivity index (χ3n) is 9.09. The highest BCUT2D eigenvalue weighted by atomic mass is 32.7. The molecule has 1 fully saturated rings. The lowest BCUT2D eigenvalue weighted by Gasteiger charge is -2.32. The summed E-state index contributed by atoms with van der Waals surface area (Å²) in [5, 5.41) is 11.2. The van der Waals surface area contributed by atoms with Crippen molar-refractivity contribution in [1.29, 1.82) is 0 Å². The van der Waals surface area contributed by atoms with E-state index in [9.17, 15) is 28.5 Å². The summed E-state index contributed by atoms with van der Waals surface area (Å²) in [4.78, 5) is 65.9. The zero-order chi connectivity index (χ0) is 41.6. The molecule has 56 heavy (non-hydrogen) atoms. The Morgan fingerprint density at radius 1 is 0.679 bits per heavy atom. The summed E-state index contributed by atoms with van der Waals surface area (Å²) in [6, 6.07) is -1.01. The van der Waals surface area contributed by atoms with Gasteiger partial charge < -0.3 is 54.2 Å². The van der Waals surface area contributed by atoms with Gasteiger partial charge >= 0.3 is 0 Å². The summed E-state index contributed by atoms with van der Waals surface area (Å²) in [7, 11) is 4.69. The number of nitrogens with one attached hydrogen (secondary N) is 4. The summed E-state index contributed by atoms with van der Waals surface area (Å²) >= 11 is 1.24.